The average Bonchev–Trinajstić information content (AvgIpc) is 2.38. The second-order valence-corrected chi connectivity index (χ2v) is 5.13. The van der Waals surface area contributed by atoms with Gasteiger partial charge in [-0.15, -0.1) is 0 Å². The number of non-ortho nitro benzene ring substituents is 1. The van der Waals surface area contributed by atoms with Crippen LogP contribution in [0.2, 0.25) is 0 Å². The van der Waals surface area contributed by atoms with Gasteiger partial charge in [-0.3, -0.25) is 10.1 Å². The highest BCUT2D eigenvalue weighted by Gasteiger charge is 2.30. The van der Waals surface area contributed by atoms with Crippen LogP contribution in [-0.4, -0.2) is 32.7 Å². The maximum absolute atomic E-state index is 10.8. The highest BCUT2D eigenvalue weighted by Crippen LogP contribution is 2.19. The van der Waals surface area contributed by atoms with Crippen LogP contribution in [0.3, 0.4) is 0 Å². The van der Waals surface area contributed by atoms with Crippen LogP contribution in [0.5, 0.6) is 0 Å². The van der Waals surface area contributed by atoms with Crippen LogP contribution >= 0.6 is 11.8 Å². The molecule has 0 atom stereocenters. The van der Waals surface area contributed by atoms with Gasteiger partial charge in [0.1, 0.15) is 0 Å². The Morgan fingerprint density at radius 1 is 1.45 bits per heavy atom. The number of nitro benzene ring substituents is 1. The smallest absolute Gasteiger partial charge is 0.422 e. The number of halogens is 1. The summed E-state index contributed by atoms with van der Waals surface area (Å²) in [7, 11) is 0. The van der Waals surface area contributed by atoms with E-state index in [4.69, 9.17) is 21.6 Å². The molecule has 0 radical (unpaired) electrons. The van der Waals surface area contributed by atoms with E-state index in [0.717, 1.165) is 5.56 Å². The maximum Gasteiger partial charge on any atom is 0.422 e. The van der Waals surface area contributed by atoms with E-state index >= 15 is 0 Å². The minimum atomic E-state index is -1.25. The Morgan fingerprint density at radius 2 is 2.00 bits per heavy atom. The minimum absolute atomic E-state index is 0.00638. The van der Waals surface area contributed by atoms with Gasteiger partial charge >= 0.3 is 6.09 Å². The third-order valence-electron chi connectivity index (χ3n) is 2.57. The highest BCUT2D eigenvalue weighted by atomic mass is 35.5. The number of carbonyl (C=O) groups is 1. The number of carboxylic acid groups (broad SMARTS) is 1. The Bertz CT molecular complexity index is 489. The van der Waals surface area contributed by atoms with E-state index in [0.29, 0.717) is 4.42 Å². The summed E-state index contributed by atoms with van der Waals surface area (Å²) in [5.74, 6) is 0. The second-order valence-electron chi connectivity index (χ2n) is 4.79. The number of amides is 1. The van der Waals surface area contributed by atoms with Crippen LogP contribution in [0, 0.1) is 10.1 Å². The summed E-state index contributed by atoms with van der Waals surface area (Å²) in [6.07, 6.45) is -1.25. The monoisotopic (exact) mass is 302 g/mol. The van der Waals surface area contributed by atoms with Crippen molar-refractivity contribution in [2.24, 2.45) is 0 Å². The van der Waals surface area contributed by atoms with Crippen molar-refractivity contribution < 1.29 is 19.6 Å². The van der Waals surface area contributed by atoms with Crippen molar-refractivity contribution in [2.45, 2.75) is 26.0 Å². The first-order chi connectivity index (χ1) is 9.24. The molecule has 8 heteroatoms. The van der Waals surface area contributed by atoms with E-state index in [-0.39, 0.29) is 18.9 Å². The minimum Gasteiger partial charge on any atom is -0.464 e. The summed E-state index contributed by atoms with van der Waals surface area (Å²) >= 11 is 5.62. The van der Waals surface area contributed by atoms with Gasteiger partial charge in [0, 0.05) is 23.9 Å². The van der Waals surface area contributed by atoms with Crippen LogP contribution in [0.25, 0.3) is 0 Å². The molecule has 20 heavy (non-hydrogen) atoms. The van der Waals surface area contributed by atoms with E-state index in [1.807, 2.05) is 0 Å². The number of nitrogens with zero attached hydrogens (tertiary/aromatic N) is 2. The van der Waals surface area contributed by atoms with Gasteiger partial charge in [-0.25, -0.2) is 9.21 Å². The molecule has 0 fully saturated rings. The number of ether oxygens (including phenoxy) is 1. The fourth-order valence-electron chi connectivity index (χ4n) is 1.45. The molecule has 0 aliphatic carbocycles. The summed E-state index contributed by atoms with van der Waals surface area (Å²) in [6, 6.07) is 5.94. The molecule has 110 valence electrons. The average molecular weight is 303 g/mol. The van der Waals surface area contributed by atoms with Crippen LogP contribution < -0.4 is 0 Å². The Morgan fingerprint density at radius 3 is 2.45 bits per heavy atom. The first-order valence-electron chi connectivity index (χ1n) is 5.74. The molecule has 0 spiro atoms. The lowest BCUT2D eigenvalue weighted by molar-refractivity contribution is -0.384. The van der Waals surface area contributed by atoms with Crippen molar-refractivity contribution in [1.82, 2.24) is 4.42 Å². The molecule has 0 aliphatic heterocycles. The van der Waals surface area contributed by atoms with Gasteiger partial charge in [-0.2, -0.15) is 0 Å². The third-order valence-corrected chi connectivity index (χ3v) is 3.17. The molecule has 0 saturated heterocycles. The van der Waals surface area contributed by atoms with Crippen LogP contribution in [-0.2, 0) is 11.3 Å². The molecule has 0 aromatic heterocycles. The number of nitro groups is 1. The molecule has 0 unspecified atom stereocenters. The van der Waals surface area contributed by atoms with E-state index in [1.165, 1.54) is 12.1 Å². The molecule has 1 rings (SSSR count). The van der Waals surface area contributed by atoms with E-state index in [1.54, 1.807) is 26.0 Å². The lowest BCUT2D eigenvalue weighted by Gasteiger charge is -2.30. The number of hydrogen-bond acceptors (Lipinski definition) is 4. The van der Waals surface area contributed by atoms with E-state index in [2.05, 4.69) is 0 Å². The summed E-state index contributed by atoms with van der Waals surface area (Å²) in [5, 5.41) is 19.3. The topological polar surface area (TPSA) is 92.9 Å². The molecule has 1 amide bonds. The molecule has 0 saturated carbocycles. The highest BCUT2D eigenvalue weighted by molar-refractivity contribution is 6.20. The number of rotatable bonds is 6. The molecular weight excluding hydrogens is 288 g/mol. The zero-order valence-corrected chi connectivity index (χ0v) is 11.8. The summed E-state index contributed by atoms with van der Waals surface area (Å²) in [4.78, 5) is 20.8. The van der Waals surface area contributed by atoms with Crippen LogP contribution in [0.4, 0.5) is 10.5 Å². The largest absolute Gasteiger partial charge is 0.464 e. The van der Waals surface area contributed by atoms with Crippen LogP contribution in [0.15, 0.2) is 24.3 Å². The van der Waals surface area contributed by atoms with E-state index < -0.39 is 16.6 Å². The summed E-state index contributed by atoms with van der Waals surface area (Å²) < 4.78 is 6.05. The normalized spacial score (nSPS) is 11.2. The van der Waals surface area contributed by atoms with Crippen molar-refractivity contribution in [3.05, 3.63) is 39.9 Å². The molecule has 0 heterocycles. The standard InChI is InChI=1S/C12H15ClN2O5/c1-12(2,14(13)11(16)17)8-20-7-9-3-5-10(6-4-9)15(18)19/h3-6H,7-8H2,1-2H3,(H,16,17). The number of benzene rings is 1. The van der Waals surface area contributed by atoms with Gasteiger partial charge in [-0.1, -0.05) is 0 Å². The Balaban J connectivity index is 2.52. The van der Waals surface area contributed by atoms with Crippen molar-refractivity contribution in [1.29, 1.82) is 0 Å². The maximum atomic E-state index is 10.8. The Kier molecular flexibility index (Phi) is 5.29. The molecule has 1 aromatic rings. The SMILES string of the molecule is CC(C)(COCc1ccc([N+](=O)[O-])cc1)N(Cl)C(=O)O. The molecule has 1 aromatic carbocycles. The van der Waals surface area contributed by atoms with Gasteiger partial charge in [0.15, 0.2) is 0 Å². The number of hydrogen-bond donors (Lipinski definition) is 1. The van der Waals surface area contributed by atoms with Crippen molar-refractivity contribution >= 4 is 23.6 Å². The van der Waals surface area contributed by atoms with Gasteiger partial charge in [0.2, 0.25) is 0 Å². The van der Waals surface area contributed by atoms with Crippen molar-refractivity contribution in [3.63, 3.8) is 0 Å². The predicted molar refractivity (Wildman–Crippen MR) is 72.5 cm³/mol. The second kappa shape index (κ2) is 6.53. The van der Waals surface area contributed by atoms with E-state index in [9.17, 15) is 14.9 Å². The molecule has 0 bridgehead atoms. The molecule has 7 nitrogen and oxygen atoms in total. The van der Waals surface area contributed by atoms with Crippen molar-refractivity contribution in [2.75, 3.05) is 6.61 Å². The lowest BCUT2D eigenvalue weighted by atomic mass is 10.1. The molecular formula is C12H15ClN2O5. The first-order valence-corrected chi connectivity index (χ1v) is 6.08. The van der Waals surface area contributed by atoms with Crippen LogP contribution in [0.1, 0.15) is 19.4 Å². The van der Waals surface area contributed by atoms with Crippen molar-refractivity contribution in [3.8, 4) is 0 Å². The molecule has 0 aliphatic rings. The third kappa shape index (κ3) is 4.36. The molecule has 1 N–H and O–H groups in total. The Labute approximate surface area is 121 Å². The zero-order chi connectivity index (χ0) is 15.3. The van der Waals surface area contributed by atoms with Gasteiger partial charge in [-0.05, 0) is 31.5 Å². The predicted octanol–water partition coefficient (Wildman–Crippen LogP) is 3.02. The van der Waals surface area contributed by atoms with Gasteiger partial charge < -0.3 is 9.84 Å². The summed E-state index contributed by atoms with van der Waals surface area (Å²) in [5.41, 5.74) is -0.122. The van der Waals surface area contributed by atoms with Gasteiger partial charge in [0.25, 0.3) is 5.69 Å². The summed E-state index contributed by atoms with van der Waals surface area (Å²) in [6.45, 7) is 3.57. The van der Waals surface area contributed by atoms with Gasteiger partial charge in [0.05, 0.1) is 23.7 Å². The lowest BCUT2D eigenvalue weighted by Crippen LogP contribution is -2.44. The first kappa shape index (κ1) is 16.2. The Hall–Kier alpha value is -1.86. The fraction of sp³-hybridized carbons (Fsp3) is 0.417. The zero-order valence-electron chi connectivity index (χ0n) is 11.1. The quantitative estimate of drug-likeness (QED) is 0.495. The fourth-order valence-corrected chi connectivity index (χ4v) is 1.50.